The molecule has 0 aromatic heterocycles. The highest BCUT2D eigenvalue weighted by atomic mass is 35.5. The second-order valence-electron chi connectivity index (χ2n) is 3.95. The minimum Gasteiger partial charge on any atom is -0.497 e. The van der Waals surface area contributed by atoms with E-state index in [0.29, 0.717) is 10.8 Å². The first kappa shape index (κ1) is 13.2. The standard InChI is InChI=1S/C14H12ClNO3/c1-19-9-3-5-12(15)11(7-9)8-2-4-10(14(17)18)13(16)6-8/h2-7H,16H2,1H3,(H,17,18). The van der Waals surface area contributed by atoms with Crippen LogP contribution in [0.3, 0.4) is 0 Å². The zero-order chi connectivity index (χ0) is 14.0. The molecule has 0 amide bonds. The molecule has 19 heavy (non-hydrogen) atoms. The van der Waals surface area contributed by atoms with E-state index in [1.165, 1.54) is 6.07 Å². The number of carbonyl (C=O) groups is 1. The third-order valence-corrected chi connectivity index (χ3v) is 3.10. The Morgan fingerprint density at radius 2 is 2.00 bits per heavy atom. The highest BCUT2D eigenvalue weighted by Gasteiger charge is 2.11. The SMILES string of the molecule is COc1ccc(Cl)c(-c2ccc(C(=O)O)c(N)c2)c1. The lowest BCUT2D eigenvalue weighted by Gasteiger charge is -2.09. The third-order valence-electron chi connectivity index (χ3n) is 2.77. The number of aromatic carboxylic acids is 1. The fourth-order valence-electron chi connectivity index (χ4n) is 1.78. The van der Waals surface area contributed by atoms with Gasteiger partial charge in [0.25, 0.3) is 0 Å². The topological polar surface area (TPSA) is 72.5 Å². The van der Waals surface area contributed by atoms with Gasteiger partial charge in [-0.15, -0.1) is 0 Å². The number of hydrogen-bond acceptors (Lipinski definition) is 3. The Labute approximate surface area is 115 Å². The maximum Gasteiger partial charge on any atom is 0.337 e. The summed E-state index contributed by atoms with van der Waals surface area (Å²) in [5.41, 5.74) is 7.48. The summed E-state index contributed by atoms with van der Waals surface area (Å²) in [4.78, 5) is 10.9. The van der Waals surface area contributed by atoms with E-state index in [0.717, 1.165) is 11.1 Å². The van der Waals surface area contributed by atoms with Gasteiger partial charge < -0.3 is 15.6 Å². The maximum atomic E-state index is 10.9. The normalized spacial score (nSPS) is 10.2. The van der Waals surface area contributed by atoms with Crippen molar-refractivity contribution in [2.75, 3.05) is 12.8 Å². The Morgan fingerprint density at radius 3 is 2.58 bits per heavy atom. The molecule has 0 bridgehead atoms. The minimum absolute atomic E-state index is 0.0720. The van der Waals surface area contributed by atoms with E-state index in [1.54, 1.807) is 37.4 Å². The second kappa shape index (κ2) is 5.20. The van der Waals surface area contributed by atoms with E-state index < -0.39 is 5.97 Å². The van der Waals surface area contributed by atoms with Crippen LogP contribution >= 0.6 is 11.6 Å². The molecule has 0 heterocycles. The van der Waals surface area contributed by atoms with E-state index in [2.05, 4.69) is 0 Å². The summed E-state index contributed by atoms with van der Waals surface area (Å²) in [6, 6.07) is 9.96. The molecule has 2 rings (SSSR count). The molecule has 0 fully saturated rings. The van der Waals surface area contributed by atoms with Crippen LogP contribution in [0, 0.1) is 0 Å². The molecule has 0 aliphatic heterocycles. The van der Waals surface area contributed by atoms with Crippen LogP contribution in [0.2, 0.25) is 5.02 Å². The molecule has 0 spiro atoms. The van der Waals surface area contributed by atoms with Crippen molar-refractivity contribution < 1.29 is 14.6 Å². The van der Waals surface area contributed by atoms with Gasteiger partial charge in [0.05, 0.1) is 12.7 Å². The van der Waals surface area contributed by atoms with Crippen molar-refractivity contribution in [3.63, 3.8) is 0 Å². The number of halogens is 1. The fraction of sp³-hybridized carbons (Fsp3) is 0.0714. The maximum absolute atomic E-state index is 10.9. The molecule has 2 aromatic carbocycles. The Morgan fingerprint density at radius 1 is 1.26 bits per heavy atom. The van der Waals surface area contributed by atoms with Crippen molar-refractivity contribution in [1.82, 2.24) is 0 Å². The summed E-state index contributed by atoms with van der Waals surface area (Å²) in [6.07, 6.45) is 0. The number of carboxylic acids is 1. The molecular formula is C14H12ClNO3. The number of carboxylic acid groups (broad SMARTS) is 1. The monoisotopic (exact) mass is 277 g/mol. The first-order valence-electron chi connectivity index (χ1n) is 5.49. The first-order valence-corrected chi connectivity index (χ1v) is 5.87. The molecule has 0 atom stereocenters. The van der Waals surface area contributed by atoms with Crippen molar-refractivity contribution in [3.8, 4) is 16.9 Å². The van der Waals surface area contributed by atoms with Gasteiger partial charge in [0.15, 0.2) is 0 Å². The summed E-state index contributed by atoms with van der Waals surface area (Å²) in [5.74, 6) is -0.388. The van der Waals surface area contributed by atoms with Gasteiger partial charge in [-0.25, -0.2) is 4.79 Å². The smallest absolute Gasteiger partial charge is 0.337 e. The molecule has 0 saturated carbocycles. The molecular weight excluding hydrogens is 266 g/mol. The highest BCUT2D eigenvalue weighted by molar-refractivity contribution is 6.33. The highest BCUT2D eigenvalue weighted by Crippen LogP contribution is 2.33. The van der Waals surface area contributed by atoms with Crippen molar-refractivity contribution in [1.29, 1.82) is 0 Å². The Balaban J connectivity index is 2.53. The van der Waals surface area contributed by atoms with Crippen LogP contribution in [0.1, 0.15) is 10.4 Å². The predicted molar refractivity (Wildman–Crippen MR) is 74.8 cm³/mol. The second-order valence-corrected chi connectivity index (χ2v) is 4.36. The molecule has 4 nitrogen and oxygen atoms in total. The van der Waals surface area contributed by atoms with Gasteiger partial charge in [0.2, 0.25) is 0 Å². The summed E-state index contributed by atoms with van der Waals surface area (Å²) in [7, 11) is 1.56. The van der Waals surface area contributed by atoms with Gasteiger partial charge in [-0.3, -0.25) is 0 Å². The number of benzene rings is 2. The van der Waals surface area contributed by atoms with E-state index in [4.69, 9.17) is 27.2 Å². The van der Waals surface area contributed by atoms with Gasteiger partial charge in [-0.05, 0) is 35.9 Å². The van der Waals surface area contributed by atoms with Crippen LogP contribution in [0.25, 0.3) is 11.1 Å². The third kappa shape index (κ3) is 2.63. The molecule has 0 saturated heterocycles. The van der Waals surface area contributed by atoms with Crippen LogP contribution in [0.5, 0.6) is 5.75 Å². The number of methoxy groups -OCH3 is 1. The lowest BCUT2D eigenvalue weighted by Crippen LogP contribution is -2.02. The number of nitrogens with two attached hydrogens (primary N) is 1. The van der Waals surface area contributed by atoms with E-state index in [9.17, 15) is 4.79 Å². The van der Waals surface area contributed by atoms with Crippen molar-refractivity contribution in [2.24, 2.45) is 0 Å². The Bertz CT molecular complexity index is 641. The van der Waals surface area contributed by atoms with Crippen LogP contribution in [-0.2, 0) is 0 Å². The van der Waals surface area contributed by atoms with E-state index >= 15 is 0 Å². The first-order chi connectivity index (χ1) is 9.02. The number of nitrogen functional groups attached to an aromatic ring is 1. The number of hydrogen-bond donors (Lipinski definition) is 2. The van der Waals surface area contributed by atoms with Crippen LogP contribution in [-0.4, -0.2) is 18.2 Å². The summed E-state index contributed by atoms with van der Waals surface area (Å²) in [6.45, 7) is 0. The lowest BCUT2D eigenvalue weighted by molar-refractivity contribution is 0.0698. The average molecular weight is 278 g/mol. The molecule has 98 valence electrons. The van der Waals surface area contributed by atoms with Crippen LogP contribution in [0.4, 0.5) is 5.69 Å². The summed E-state index contributed by atoms with van der Waals surface area (Å²) in [5, 5.41) is 9.48. The Kier molecular flexibility index (Phi) is 3.62. The van der Waals surface area contributed by atoms with Crippen LogP contribution in [0.15, 0.2) is 36.4 Å². The molecule has 0 radical (unpaired) electrons. The number of ether oxygens (including phenoxy) is 1. The van der Waals surface area contributed by atoms with Gasteiger partial charge in [0.1, 0.15) is 5.75 Å². The lowest BCUT2D eigenvalue weighted by atomic mass is 10.0. The molecule has 0 aliphatic rings. The molecule has 3 N–H and O–H groups in total. The molecule has 2 aromatic rings. The average Bonchev–Trinajstić information content (AvgIpc) is 2.38. The quantitative estimate of drug-likeness (QED) is 0.845. The van der Waals surface area contributed by atoms with Gasteiger partial charge in [-0.1, -0.05) is 17.7 Å². The minimum atomic E-state index is -1.05. The molecule has 0 aliphatic carbocycles. The van der Waals surface area contributed by atoms with Gasteiger partial charge in [0, 0.05) is 16.3 Å². The number of rotatable bonds is 3. The zero-order valence-electron chi connectivity index (χ0n) is 10.2. The van der Waals surface area contributed by atoms with Crippen molar-refractivity contribution in [2.45, 2.75) is 0 Å². The molecule has 5 heteroatoms. The van der Waals surface area contributed by atoms with Crippen LogP contribution < -0.4 is 10.5 Å². The summed E-state index contributed by atoms with van der Waals surface area (Å²) < 4.78 is 5.14. The van der Waals surface area contributed by atoms with Crippen molar-refractivity contribution in [3.05, 3.63) is 47.0 Å². The van der Waals surface area contributed by atoms with E-state index in [-0.39, 0.29) is 11.3 Å². The zero-order valence-corrected chi connectivity index (χ0v) is 10.9. The predicted octanol–water partition coefficient (Wildman–Crippen LogP) is 3.30. The summed E-state index contributed by atoms with van der Waals surface area (Å²) >= 11 is 6.13. The van der Waals surface area contributed by atoms with E-state index in [1.807, 2.05) is 0 Å². The molecule has 0 unspecified atom stereocenters. The fourth-order valence-corrected chi connectivity index (χ4v) is 2.00. The van der Waals surface area contributed by atoms with Crippen molar-refractivity contribution >= 4 is 23.3 Å². The Hall–Kier alpha value is -2.20. The number of anilines is 1. The van der Waals surface area contributed by atoms with Gasteiger partial charge in [-0.2, -0.15) is 0 Å². The van der Waals surface area contributed by atoms with Gasteiger partial charge >= 0.3 is 5.97 Å². The largest absolute Gasteiger partial charge is 0.497 e.